The first kappa shape index (κ1) is 15.2. The van der Waals surface area contributed by atoms with Gasteiger partial charge < -0.3 is 18.7 Å². The molecule has 0 unspecified atom stereocenters. The Morgan fingerprint density at radius 2 is 1.52 bits per heavy atom. The largest absolute Gasteiger partial charge is 0.493 e. The van der Waals surface area contributed by atoms with Crippen LogP contribution in [0.2, 0.25) is 0 Å². The molecule has 6 heteroatoms. The van der Waals surface area contributed by atoms with E-state index in [9.17, 15) is 0 Å². The van der Waals surface area contributed by atoms with E-state index in [0.29, 0.717) is 29.0 Å². The molecule has 0 aliphatic carbocycles. The fourth-order valence-corrected chi connectivity index (χ4v) is 1.86. The van der Waals surface area contributed by atoms with E-state index < -0.39 is 0 Å². The molecule has 0 aliphatic rings. The first-order chi connectivity index (χ1) is 9.90. The van der Waals surface area contributed by atoms with E-state index >= 15 is 0 Å². The molecule has 2 aromatic rings. The molecule has 1 aromatic heterocycles. The van der Waals surface area contributed by atoms with Crippen molar-refractivity contribution in [3.05, 3.63) is 18.0 Å². The molecule has 0 N–H and O–H groups in total. The van der Waals surface area contributed by atoms with E-state index in [1.54, 1.807) is 33.5 Å². The van der Waals surface area contributed by atoms with E-state index in [0.717, 1.165) is 5.56 Å². The van der Waals surface area contributed by atoms with Crippen LogP contribution in [-0.2, 0) is 5.41 Å². The first-order valence-electron chi connectivity index (χ1n) is 6.55. The molecule has 0 radical (unpaired) electrons. The van der Waals surface area contributed by atoms with Crippen molar-refractivity contribution in [1.29, 1.82) is 0 Å². The van der Waals surface area contributed by atoms with Gasteiger partial charge in [-0.15, -0.1) is 0 Å². The molecule has 0 fully saturated rings. The van der Waals surface area contributed by atoms with Gasteiger partial charge in [-0.25, -0.2) is 0 Å². The smallest absolute Gasteiger partial charge is 0.232 e. The summed E-state index contributed by atoms with van der Waals surface area (Å²) in [5.41, 5.74) is 0.537. The maximum Gasteiger partial charge on any atom is 0.232 e. The summed E-state index contributed by atoms with van der Waals surface area (Å²) in [6.45, 7) is 6.04. The van der Waals surface area contributed by atoms with E-state index in [-0.39, 0.29) is 5.41 Å². The molecule has 0 aliphatic heterocycles. The Morgan fingerprint density at radius 1 is 0.952 bits per heavy atom. The Bertz CT molecular complexity index is 604. The molecule has 0 atom stereocenters. The number of ether oxygens (including phenoxy) is 3. The lowest BCUT2D eigenvalue weighted by Gasteiger charge is -2.13. The molecule has 1 aromatic carbocycles. The van der Waals surface area contributed by atoms with Gasteiger partial charge in [0.1, 0.15) is 0 Å². The highest BCUT2D eigenvalue weighted by Crippen LogP contribution is 2.40. The van der Waals surface area contributed by atoms with Gasteiger partial charge in [0.05, 0.1) is 21.3 Å². The average molecular weight is 292 g/mol. The van der Waals surface area contributed by atoms with Crippen molar-refractivity contribution in [3.8, 4) is 28.6 Å². The van der Waals surface area contributed by atoms with Gasteiger partial charge in [-0.3, -0.25) is 0 Å². The number of aromatic nitrogens is 2. The predicted octanol–water partition coefficient (Wildman–Crippen LogP) is 3.06. The zero-order valence-corrected chi connectivity index (χ0v) is 13.2. The maximum atomic E-state index is 5.32. The molecule has 21 heavy (non-hydrogen) atoms. The number of nitrogens with zero attached hydrogens (tertiary/aromatic N) is 2. The van der Waals surface area contributed by atoms with Crippen LogP contribution in [0.15, 0.2) is 16.7 Å². The number of hydrogen-bond acceptors (Lipinski definition) is 6. The van der Waals surface area contributed by atoms with Crippen molar-refractivity contribution in [2.24, 2.45) is 0 Å². The minimum Gasteiger partial charge on any atom is -0.493 e. The topological polar surface area (TPSA) is 66.6 Å². The van der Waals surface area contributed by atoms with Gasteiger partial charge >= 0.3 is 0 Å². The number of hydrogen-bond donors (Lipinski definition) is 0. The van der Waals surface area contributed by atoms with Crippen molar-refractivity contribution >= 4 is 0 Å². The lowest BCUT2D eigenvalue weighted by atomic mass is 9.97. The summed E-state index contributed by atoms with van der Waals surface area (Å²) in [5.74, 6) is 2.69. The molecule has 2 rings (SSSR count). The van der Waals surface area contributed by atoms with Gasteiger partial charge in [0.15, 0.2) is 11.5 Å². The lowest BCUT2D eigenvalue weighted by molar-refractivity contribution is 0.320. The van der Waals surface area contributed by atoms with Crippen molar-refractivity contribution in [1.82, 2.24) is 10.1 Å². The molecule has 0 spiro atoms. The highest BCUT2D eigenvalue weighted by molar-refractivity contribution is 5.66. The summed E-state index contributed by atoms with van der Waals surface area (Å²) in [7, 11) is 4.70. The van der Waals surface area contributed by atoms with Gasteiger partial charge in [-0.05, 0) is 12.1 Å². The zero-order chi connectivity index (χ0) is 15.6. The average Bonchev–Trinajstić information content (AvgIpc) is 2.95. The summed E-state index contributed by atoms with van der Waals surface area (Å²) in [6, 6.07) is 3.58. The van der Waals surface area contributed by atoms with Crippen LogP contribution in [-0.4, -0.2) is 31.5 Å². The third kappa shape index (κ3) is 2.94. The van der Waals surface area contributed by atoms with Gasteiger partial charge in [0.25, 0.3) is 0 Å². The summed E-state index contributed by atoms with van der Waals surface area (Å²) in [5, 5.41) is 4.02. The Labute approximate surface area is 124 Å². The van der Waals surface area contributed by atoms with Crippen LogP contribution in [0.5, 0.6) is 17.2 Å². The molecule has 0 bridgehead atoms. The zero-order valence-electron chi connectivity index (χ0n) is 13.2. The third-order valence-electron chi connectivity index (χ3n) is 2.99. The molecular formula is C15H20N2O4. The summed E-state index contributed by atoms with van der Waals surface area (Å²) in [6.07, 6.45) is 0. The molecule has 6 nitrogen and oxygen atoms in total. The van der Waals surface area contributed by atoms with E-state index in [1.807, 2.05) is 20.8 Å². The van der Waals surface area contributed by atoms with Crippen LogP contribution in [0, 0.1) is 0 Å². The fraction of sp³-hybridized carbons (Fsp3) is 0.467. The Kier molecular flexibility index (Phi) is 4.06. The molecule has 0 saturated carbocycles. The van der Waals surface area contributed by atoms with Crippen LogP contribution in [0.25, 0.3) is 11.4 Å². The summed E-state index contributed by atoms with van der Waals surface area (Å²) < 4.78 is 21.3. The molecule has 0 saturated heterocycles. The molecule has 1 heterocycles. The van der Waals surface area contributed by atoms with Gasteiger partial charge in [0.2, 0.25) is 17.5 Å². The monoisotopic (exact) mass is 292 g/mol. The van der Waals surface area contributed by atoms with Crippen LogP contribution in [0.1, 0.15) is 26.7 Å². The SMILES string of the molecule is COc1cc(-c2noc(C(C)(C)C)n2)cc(OC)c1OC. The van der Waals surface area contributed by atoms with Crippen molar-refractivity contribution in [2.75, 3.05) is 21.3 Å². The van der Waals surface area contributed by atoms with Crippen LogP contribution in [0.4, 0.5) is 0 Å². The van der Waals surface area contributed by atoms with E-state index in [1.165, 1.54) is 0 Å². The third-order valence-corrected chi connectivity index (χ3v) is 2.99. The van der Waals surface area contributed by atoms with Crippen molar-refractivity contribution < 1.29 is 18.7 Å². The van der Waals surface area contributed by atoms with E-state index in [2.05, 4.69) is 10.1 Å². The second-order valence-electron chi connectivity index (χ2n) is 5.59. The Morgan fingerprint density at radius 3 is 1.90 bits per heavy atom. The standard InChI is InChI=1S/C15H20N2O4/c1-15(2,3)14-16-13(17-21-14)9-7-10(18-4)12(20-6)11(8-9)19-5/h7-8H,1-6H3. The number of methoxy groups -OCH3 is 3. The lowest BCUT2D eigenvalue weighted by Crippen LogP contribution is -2.11. The fourth-order valence-electron chi connectivity index (χ4n) is 1.86. The quantitative estimate of drug-likeness (QED) is 0.862. The van der Waals surface area contributed by atoms with Gasteiger partial charge in [0, 0.05) is 11.0 Å². The summed E-state index contributed by atoms with van der Waals surface area (Å²) >= 11 is 0. The molecule has 0 amide bonds. The Hall–Kier alpha value is -2.24. The predicted molar refractivity (Wildman–Crippen MR) is 78.1 cm³/mol. The summed E-state index contributed by atoms with van der Waals surface area (Å²) in [4.78, 5) is 4.43. The molecular weight excluding hydrogens is 272 g/mol. The maximum absolute atomic E-state index is 5.32. The minimum atomic E-state index is -0.202. The number of benzene rings is 1. The van der Waals surface area contributed by atoms with Crippen LogP contribution in [0.3, 0.4) is 0 Å². The van der Waals surface area contributed by atoms with Gasteiger partial charge in [-0.2, -0.15) is 4.98 Å². The first-order valence-corrected chi connectivity index (χ1v) is 6.55. The number of rotatable bonds is 4. The van der Waals surface area contributed by atoms with Gasteiger partial charge in [-0.1, -0.05) is 25.9 Å². The second-order valence-corrected chi connectivity index (χ2v) is 5.59. The second kappa shape index (κ2) is 5.63. The molecule has 114 valence electrons. The highest BCUT2D eigenvalue weighted by atomic mass is 16.5. The van der Waals surface area contributed by atoms with E-state index in [4.69, 9.17) is 18.7 Å². The van der Waals surface area contributed by atoms with Crippen LogP contribution >= 0.6 is 0 Å². The highest BCUT2D eigenvalue weighted by Gasteiger charge is 2.23. The Balaban J connectivity index is 2.51. The van der Waals surface area contributed by atoms with Crippen molar-refractivity contribution in [2.45, 2.75) is 26.2 Å². The van der Waals surface area contributed by atoms with Crippen LogP contribution < -0.4 is 14.2 Å². The van der Waals surface area contributed by atoms with Crippen molar-refractivity contribution in [3.63, 3.8) is 0 Å². The minimum absolute atomic E-state index is 0.202. The normalized spacial score (nSPS) is 11.3.